The second-order valence-electron chi connectivity index (χ2n) is 4.47. The third kappa shape index (κ3) is 1.59. The first-order valence-electron chi connectivity index (χ1n) is 4.58. The quantitative estimate of drug-likeness (QED) is 0.656. The van der Waals surface area contributed by atoms with E-state index in [-0.39, 0.29) is 19.0 Å². The summed E-state index contributed by atoms with van der Waals surface area (Å²) in [6.45, 7) is 5.61. The van der Waals surface area contributed by atoms with Crippen LogP contribution in [0, 0.1) is 0 Å². The number of hydrogen-bond donors (Lipinski definition) is 1. The van der Waals surface area contributed by atoms with E-state index in [1.807, 2.05) is 20.8 Å². The fourth-order valence-corrected chi connectivity index (χ4v) is 1.90. The molecule has 2 heterocycles. The van der Waals surface area contributed by atoms with Crippen LogP contribution < -0.4 is 0 Å². The Morgan fingerprint density at radius 1 is 1.23 bits per heavy atom. The van der Waals surface area contributed by atoms with Gasteiger partial charge in [0.05, 0.1) is 12.2 Å². The predicted molar refractivity (Wildman–Crippen MR) is 45.0 cm³/mol. The van der Waals surface area contributed by atoms with E-state index in [4.69, 9.17) is 19.3 Å². The second kappa shape index (κ2) is 2.67. The summed E-state index contributed by atoms with van der Waals surface area (Å²) in [6, 6.07) is 0. The Balaban J connectivity index is 2.05. The van der Waals surface area contributed by atoms with Gasteiger partial charge in [0.15, 0.2) is 12.1 Å². The zero-order chi connectivity index (χ0) is 9.69. The van der Waals surface area contributed by atoms with Gasteiger partial charge in [0.1, 0.15) is 6.10 Å². The normalized spacial score (nSPS) is 48.0. The van der Waals surface area contributed by atoms with E-state index in [9.17, 15) is 0 Å². The van der Waals surface area contributed by atoms with E-state index < -0.39 is 11.4 Å². The highest BCUT2D eigenvalue weighted by atomic mass is 16.8. The lowest BCUT2D eigenvalue weighted by molar-refractivity contribution is -0.226. The van der Waals surface area contributed by atoms with E-state index in [0.717, 1.165) is 0 Å². The van der Waals surface area contributed by atoms with Crippen LogP contribution in [0.1, 0.15) is 27.2 Å². The van der Waals surface area contributed by atoms with Gasteiger partial charge in [-0.2, -0.15) is 0 Å². The first-order chi connectivity index (χ1) is 5.94. The Morgan fingerprint density at radius 2 is 1.92 bits per heavy atom. The molecule has 76 valence electrons. The Kier molecular flexibility index (Phi) is 1.93. The van der Waals surface area contributed by atoms with Gasteiger partial charge in [-0.3, -0.25) is 0 Å². The monoisotopic (exact) mass is 188 g/mol. The summed E-state index contributed by atoms with van der Waals surface area (Å²) in [4.78, 5) is 0. The van der Waals surface area contributed by atoms with E-state index in [1.54, 1.807) is 0 Å². The van der Waals surface area contributed by atoms with Gasteiger partial charge < -0.3 is 19.3 Å². The minimum absolute atomic E-state index is 0.00709. The summed E-state index contributed by atoms with van der Waals surface area (Å²) in [5.74, 6) is -0.549. The maximum atomic E-state index is 9.07. The maximum Gasteiger partial charge on any atom is 0.187 e. The molecule has 2 rings (SSSR count). The molecular formula is C9H16O4. The number of aliphatic hydroxyl groups excluding tert-OH is 1. The molecule has 0 spiro atoms. The van der Waals surface area contributed by atoms with Crippen molar-refractivity contribution in [3.8, 4) is 0 Å². The SMILES string of the molecule is CC1(C)O[C@H]2O[C@](C)(CO)C[C@H]2O1. The number of rotatable bonds is 1. The zero-order valence-corrected chi connectivity index (χ0v) is 8.24. The largest absolute Gasteiger partial charge is 0.393 e. The molecule has 0 unspecified atom stereocenters. The van der Waals surface area contributed by atoms with Crippen LogP contribution in [0.15, 0.2) is 0 Å². The fraction of sp³-hybridized carbons (Fsp3) is 1.00. The molecule has 0 aromatic heterocycles. The van der Waals surface area contributed by atoms with Crippen LogP contribution in [-0.2, 0) is 14.2 Å². The molecule has 0 amide bonds. The predicted octanol–water partition coefficient (Wildman–Crippen LogP) is 0.635. The molecule has 2 aliphatic rings. The Bertz CT molecular complexity index is 198. The van der Waals surface area contributed by atoms with Gasteiger partial charge >= 0.3 is 0 Å². The summed E-state index contributed by atoms with van der Waals surface area (Å²) in [5, 5.41) is 9.07. The van der Waals surface area contributed by atoms with Crippen molar-refractivity contribution < 1.29 is 19.3 Å². The minimum Gasteiger partial charge on any atom is -0.393 e. The van der Waals surface area contributed by atoms with Crippen molar-refractivity contribution in [3.63, 3.8) is 0 Å². The third-order valence-corrected chi connectivity index (χ3v) is 2.51. The zero-order valence-electron chi connectivity index (χ0n) is 8.24. The highest BCUT2D eigenvalue weighted by Crippen LogP contribution is 2.41. The van der Waals surface area contributed by atoms with E-state index in [2.05, 4.69) is 0 Å². The van der Waals surface area contributed by atoms with Crippen LogP contribution in [0.3, 0.4) is 0 Å². The number of fused-ring (bicyclic) bond motifs is 1. The van der Waals surface area contributed by atoms with Crippen molar-refractivity contribution in [1.29, 1.82) is 0 Å². The van der Waals surface area contributed by atoms with Crippen LogP contribution >= 0.6 is 0 Å². The molecular weight excluding hydrogens is 172 g/mol. The second-order valence-corrected chi connectivity index (χ2v) is 4.47. The summed E-state index contributed by atoms with van der Waals surface area (Å²) in [6.07, 6.45) is 0.344. The summed E-state index contributed by atoms with van der Waals surface area (Å²) in [5.41, 5.74) is -0.494. The minimum atomic E-state index is -0.549. The van der Waals surface area contributed by atoms with Crippen LogP contribution in [-0.4, -0.2) is 35.5 Å². The highest BCUT2D eigenvalue weighted by Gasteiger charge is 2.52. The van der Waals surface area contributed by atoms with E-state index >= 15 is 0 Å². The van der Waals surface area contributed by atoms with Crippen LogP contribution in [0.25, 0.3) is 0 Å². The lowest BCUT2D eigenvalue weighted by Gasteiger charge is -2.25. The third-order valence-electron chi connectivity index (χ3n) is 2.51. The lowest BCUT2D eigenvalue weighted by atomic mass is 10.0. The van der Waals surface area contributed by atoms with E-state index in [1.165, 1.54) is 0 Å². The molecule has 0 saturated carbocycles. The van der Waals surface area contributed by atoms with Crippen molar-refractivity contribution in [2.45, 2.75) is 51.0 Å². The molecule has 0 bridgehead atoms. The Morgan fingerprint density at radius 3 is 2.46 bits per heavy atom. The topological polar surface area (TPSA) is 47.9 Å². The number of ether oxygens (including phenoxy) is 3. The van der Waals surface area contributed by atoms with Gasteiger partial charge in [0.25, 0.3) is 0 Å². The molecule has 0 aliphatic carbocycles. The fourth-order valence-electron chi connectivity index (χ4n) is 1.90. The van der Waals surface area contributed by atoms with Gasteiger partial charge in [-0.1, -0.05) is 0 Å². The molecule has 0 aromatic carbocycles. The Hall–Kier alpha value is -0.160. The molecule has 1 N–H and O–H groups in total. The molecule has 13 heavy (non-hydrogen) atoms. The van der Waals surface area contributed by atoms with Crippen molar-refractivity contribution in [3.05, 3.63) is 0 Å². The van der Waals surface area contributed by atoms with Gasteiger partial charge in [-0.25, -0.2) is 0 Å². The molecule has 4 nitrogen and oxygen atoms in total. The first-order valence-corrected chi connectivity index (χ1v) is 4.58. The van der Waals surface area contributed by atoms with Gasteiger partial charge in [0.2, 0.25) is 0 Å². The maximum absolute atomic E-state index is 9.07. The molecule has 4 heteroatoms. The number of hydrogen-bond acceptors (Lipinski definition) is 4. The standard InChI is InChI=1S/C9H16O4/c1-8(2)11-6-4-9(3,5-10)13-7(6)12-8/h6-7,10H,4-5H2,1-3H3/t6-,7+,9+/m1/s1. The van der Waals surface area contributed by atoms with Crippen molar-refractivity contribution >= 4 is 0 Å². The van der Waals surface area contributed by atoms with Crippen molar-refractivity contribution in [2.24, 2.45) is 0 Å². The van der Waals surface area contributed by atoms with Crippen molar-refractivity contribution in [2.75, 3.05) is 6.61 Å². The van der Waals surface area contributed by atoms with Crippen LogP contribution in [0.4, 0.5) is 0 Å². The highest BCUT2D eigenvalue weighted by molar-refractivity contribution is 4.92. The smallest absolute Gasteiger partial charge is 0.187 e. The van der Waals surface area contributed by atoms with Gasteiger partial charge in [-0.05, 0) is 20.8 Å². The molecule has 0 radical (unpaired) electrons. The summed E-state index contributed by atoms with van der Waals surface area (Å²) in [7, 11) is 0. The van der Waals surface area contributed by atoms with Crippen LogP contribution in [0.2, 0.25) is 0 Å². The van der Waals surface area contributed by atoms with Gasteiger partial charge in [-0.15, -0.1) is 0 Å². The lowest BCUT2D eigenvalue weighted by Crippen LogP contribution is -2.33. The molecule has 0 aromatic rings. The molecule has 2 fully saturated rings. The molecule has 2 aliphatic heterocycles. The average Bonchev–Trinajstić information content (AvgIpc) is 2.38. The first kappa shape index (κ1) is 9.40. The molecule has 3 atom stereocenters. The van der Waals surface area contributed by atoms with Crippen molar-refractivity contribution in [1.82, 2.24) is 0 Å². The number of aliphatic hydroxyl groups is 1. The van der Waals surface area contributed by atoms with E-state index in [0.29, 0.717) is 6.42 Å². The summed E-state index contributed by atoms with van der Waals surface area (Å²) < 4.78 is 16.7. The molecule has 2 saturated heterocycles. The van der Waals surface area contributed by atoms with Gasteiger partial charge in [0, 0.05) is 6.42 Å². The Labute approximate surface area is 77.8 Å². The average molecular weight is 188 g/mol. The summed E-state index contributed by atoms with van der Waals surface area (Å²) >= 11 is 0. The van der Waals surface area contributed by atoms with Crippen LogP contribution in [0.5, 0.6) is 0 Å².